The van der Waals surface area contributed by atoms with Crippen LogP contribution in [-0.4, -0.2) is 48.6 Å². The van der Waals surface area contributed by atoms with Crippen molar-refractivity contribution in [2.24, 2.45) is 0 Å². The average molecular weight is 609 g/mol. The lowest BCUT2D eigenvalue weighted by Gasteiger charge is -2.37. The van der Waals surface area contributed by atoms with Gasteiger partial charge < -0.3 is 39.4 Å². The van der Waals surface area contributed by atoms with E-state index in [0.717, 1.165) is 16.9 Å². The third-order valence-corrected chi connectivity index (χ3v) is 8.20. The van der Waals surface area contributed by atoms with Crippen molar-refractivity contribution in [3.05, 3.63) is 108 Å². The van der Waals surface area contributed by atoms with E-state index in [1.165, 1.54) is 0 Å². The average Bonchev–Trinajstić information content (AvgIpc) is 3.69. The largest absolute Gasteiger partial charge is 0.487 e. The second-order valence-electron chi connectivity index (χ2n) is 11.2. The van der Waals surface area contributed by atoms with E-state index >= 15 is 0 Å². The van der Waals surface area contributed by atoms with Gasteiger partial charge in [0.15, 0.2) is 11.5 Å². The second-order valence-corrected chi connectivity index (χ2v) is 11.2. The Morgan fingerprint density at radius 2 is 1.64 bits per heavy atom. The van der Waals surface area contributed by atoms with Gasteiger partial charge in [0.25, 0.3) is 5.91 Å². The van der Waals surface area contributed by atoms with Crippen LogP contribution in [0, 0.1) is 0 Å². The summed E-state index contributed by atoms with van der Waals surface area (Å²) in [7, 11) is 0. The number of anilines is 1. The van der Waals surface area contributed by atoms with E-state index in [1.807, 2.05) is 66.7 Å². The lowest BCUT2D eigenvalue weighted by molar-refractivity contribution is -0.142. The Morgan fingerprint density at radius 1 is 0.867 bits per heavy atom. The molecule has 3 aliphatic heterocycles. The summed E-state index contributed by atoms with van der Waals surface area (Å²) in [6.45, 7) is 0.261. The van der Waals surface area contributed by atoms with Gasteiger partial charge in [-0.25, -0.2) is 0 Å². The number of para-hydroxylation sites is 1. The minimum absolute atomic E-state index is 0.108. The Hall–Kier alpha value is -5.06. The molecule has 45 heavy (non-hydrogen) atoms. The minimum atomic E-state index is -0.585. The number of fused-ring (bicyclic) bond motifs is 4. The van der Waals surface area contributed by atoms with Crippen molar-refractivity contribution in [1.82, 2.24) is 5.32 Å². The van der Waals surface area contributed by atoms with Crippen molar-refractivity contribution in [2.45, 2.75) is 43.6 Å². The van der Waals surface area contributed by atoms with E-state index in [-0.39, 0.29) is 43.7 Å². The summed E-state index contributed by atoms with van der Waals surface area (Å²) in [4.78, 5) is 25.9. The SMILES string of the molecule is O=C(C[C@@H]1C[C@H]2c3cc(NC(=O)c4ccc5c(c4)OCO5)ccc3O[C@H]2[C@@H](CO)O1)NCc1ccc(Oc2ccccc2)cc1. The van der Waals surface area contributed by atoms with Crippen LogP contribution in [0.1, 0.15) is 40.2 Å². The van der Waals surface area contributed by atoms with Crippen LogP contribution in [0.15, 0.2) is 91.0 Å². The molecule has 7 rings (SSSR count). The summed E-state index contributed by atoms with van der Waals surface area (Å²) in [5.41, 5.74) is 2.91. The summed E-state index contributed by atoms with van der Waals surface area (Å²) in [5.74, 6) is 2.75. The van der Waals surface area contributed by atoms with Gasteiger partial charge in [0.1, 0.15) is 29.5 Å². The zero-order valence-corrected chi connectivity index (χ0v) is 24.3. The Labute approximate surface area is 259 Å². The third kappa shape index (κ3) is 6.29. The van der Waals surface area contributed by atoms with Crippen LogP contribution in [-0.2, 0) is 16.1 Å². The van der Waals surface area contributed by atoms with Gasteiger partial charge in [0, 0.05) is 29.3 Å². The molecule has 3 aliphatic rings. The first kappa shape index (κ1) is 28.7. The van der Waals surface area contributed by atoms with Crippen molar-refractivity contribution in [3.63, 3.8) is 0 Å². The quantitative estimate of drug-likeness (QED) is 0.238. The predicted octanol–water partition coefficient (Wildman–Crippen LogP) is 5.16. The van der Waals surface area contributed by atoms with Crippen LogP contribution in [0.4, 0.5) is 5.69 Å². The molecule has 0 saturated carbocycles. The van der Waals surface area contributed by atoms with Gasteiger partial charge in [-0.1, -0.05) is 30.3 Å². The van der Waals surface area contributed by atoms with Crippen LogP contribution in [0.2, 0.25) is 0 Å². The molecular formula is C35H32N2O8. The molecule has 3 N–H and O–H groups in total. The first-order chi connectivity index (χ1) is 22.0. The zero-order valence-electron chi connectivity index (χ0n) is 24.3. The van der Waals surface area contributed by atoms with Crippen LogP contribution >= 0.6 is 0 Å². The maximum atomic E-state index is 13.0. The van der Waals surface area contributed by atoms with Gasteiger partial charge in [-0.15, -0.1) is 0 Å². The summed E-state index contributed by atoms with van der Waals surface area (Å²) in [6, 6.07) is 27.6. The number of aliphatic hydroxyl groups excluding tert-OH is 1. The summed E-state index contributed by atoms with van der Waals surface area (Å²) in [5, 5.41) is 16.0. The van der Waals surface area contributed by atoms with Gasteiger partial charge in [0.2, 0.25) is 12.7 Å². The van der Waals surface area contributed by atoms with Gasteiger partial charge in [-0.3, -0.25) is 9.59 Å². The number of aliphatic hydroxyl groups is 1. The maximum Gasteiger partial charge on any atom is 0.255 e. The molecule has 1 fully saturated rings. The highest BCUT2D eigenvalue weighted by atomic mass is 16.7. The molecule has 2 amide bonds. The normalized spacial score (nSPS) is 20.8. The van der Waals surface area contributed by atoms with E-state index in [0.29, 0.717) is 47.2 Å². The summed E-state index contributed by atoms with van der Waals surface area (Å²) < 4.78 is 28.9. The van der Waals surface area contributed by atoms with Crippen LogP contribution in [0.5, 0.6) is 28.7 Å². The molecule has 1 saturated heterocycles. The van der Waals surface area contributed by atoms with Crippen LogP contribution < -0.4 is 29.6 Å². The summed E-state index contributed by atoms with van der Waals surface area (Å²) in [6.07, 6.45) is -0.706. The van der Waals surface area contributed by atoms with E-state index < -0.39 is 12.2 Å². The molecule has 0 aromatic heterocycles. The standard InChI is InChI=1S/C35H32N2O8/c38-19-32-34-28(27-15-23(9-13-29(27)45-34)37-35(40)22-8-12-30-31(14-22)42-20-41-30)16-26(44-32)17-33(39)36-18-21-6-10-25(11-7-21)43-24-4-2-1-3-5-24/h1-15,26,28,32,34,38H,16-20H2,(H,36,39)(H,37,40)/t26-,28-,32+,34+/m0/s1. The molecule has 0 aliphatic carbocycles. The molecule has 4 aromatic rings. The fourth-order valence-electron chi connectivity index (χ4n) is 5.99. The van der Waals surface area contributed by atoms with Gasteiger partial charge in [-0.2, -0.15) is 0 Å². The fraction of sp³-hybridized carbons (Fsp3) is 0.257. The Bertz CT molecular complexity index is 1690. The van der Waals surface area contributed by atoms with E-state index in [4.69, 9.17) is 23.7 Å². The molecule has 4 atom stereocenters. The molecular weight excluding hydrogens is 576 g/mol. The zero-order chi connectivity index (χ0) is 30.8. The minimum Gasteiger partial charge on any atom is -0.487 e. The highest BCUT2D eigenvalue weighted by Crippen LogP contribution is 2.47. The highest BCUT2D eigenvalue weighted by Gasteiger charge is 2.46. The molecule has 0 spiro atoms. The molecule has 230 valence electrons. The van der Waals surface area contributed by atoms with E-state index in [1.54, 1.807) is 24.3 Å². The number of ether oxygens (including phenoxy) is 5. The Morgan fingerprint density at radius 3 is 2.47 bits per heavy atom. The first-order valence-corrected chi connectivity index (χ1v) is 14.9. The molecule has 10 nitrogen and oxygen atoms in total. The van der Waals surface area contributed by atoms with E-state index in [9.17, 15) is 14.7 Å². The van der Waals surface area contributed by atoms with E-state index in [2.05, 4.69) is 10.6 Å². The smallest absolute Gasteiger partial charge is 0.255 e. The van der Waals surface area contributed by atoms with Crippen molar-refractivity contribution >= 4 is 17.5 Å². The summed E-state index contributed by atoms with van der Waals surface area (Å²) >= 11 is 0. The molecule has 0 radical (unpaired) electrons. The first-order valence-electron chi connectivity index (χ1n) is 14.9. The van der Waals surface area contributed by atoms with Crippen LogP contribution in [0.3, 0.4) is 0 Å². The van der Waals surface area contributed by atoms with Gasteiger partial charge >= 0.3 is 0 Å². The number of hydrogen-bond donors (Lipinski definition) is 3. The van der Waals surface area contributed by atoms with Crippen molar-refractivity contribution < 1.29 is 38.4 Å². The second kappa shape index (κ2) is 12.5. The van der Waals surface area contributed by atoms with Gasteiger partial charge in [-0.05, 0) is 72.6 Å². The number of hydrogen-bond acceptors (Lipinski definition) is 8. The number of amides is 2. The van der Waals surface area contributed by atoms with Crippen LogP contribution in [0.25, 0.3) is 0 Å². The maximum absolute atomic E-state index is 13.0. The number of rotatable bonds is 9. The van der Waals surface area contributed by atoms with Crippen molar-refractivity contribution in [2.75, 3.05) is 18.7 Å². The monoisotopic (exact) mass is 608 g/mol. The predicted molar refractivity (Wildman–Crippen MR) is 164 cm³/mol. The Balaban J connectivity index is 0.965. The topological polar surface area (TPSA) is 125 Å². The molecule has 3 heterocycles. The lowest BCUT2D eigenvalue weighted by Crippen LogP contribution is -2.47. The van der Waals surface area contributed by atoms with Crippen molar-refractivity contribution in [3.8, 4) is 28.7 Å². The number of carbonyl (C=O) groups is 2. The lowest BCUT2D eigenvalue weighted by atomic mass is 9.84. The fourth-order valence-corrected chi connectivity index (χ4v) is 5.99. The van der Waals surface area contributed by atoms with Crippen molar-refractivity contribution in [1.29, 1.82) is 0 Å². The number of carbonyl (C=O) groups excluding carboxylic acids is 2. The van der Waals surface area contributed by atoms with Gasteiger partial charge in [0.05, 0.1) is 19.1 Å². The number of benzene rings is 4. The molecule has 0 unspecified atom stereocenters. The molecule has 0 bridgehead atoms. The Kier molecular flexibility index (Phi) is 7.98. The third-order valence-electron chi connectivity index (χ3n) is 8.20. The molecule has 10 heteroatoms. The molecule has 4 aromatic carbocycles. The number of nitrogens with one attached hydrogen (secondary N) is 2. The highest BCUT2D eigenvalue weighted by molar-refractivity contribution is 6.04.